The van der Waals surface area contributed by atoms with Gasteiger partial charge in [-0.2, -0.15) is 18.3 Å². The minimum Gasteiger partial charge on any atom is -0.493 e. The summed E-state index contributed by atoms with van der Waals surface area (Å²) in [5, 5.41) is 27.3. The molecule has 0 spiro atoms. The molecule has 0 fully saturated rings. The van der Waals surface area contributed by atoms with E-state index in [-0.39, 0.29) is 11.5 Å². The number of nitro groups is 2. The average molecular weight is 442 g/mol. The highest BCUT2D eigenvalue weighted by molar-refractivity contribution is 5.82. The molecule has 0 aliphatic heterocycles. The van der Waals surface area contributed by atoms with Gasteiger partial charge in [-0.1, -0.05) is 5.43 Å². The lowest BCUT2D eigenvalue weighted by molar-refractivity contribution is -0.525. The van der Waals surface area contributed by atoms with Crippen molar-refractivity contribution in [1.29, 1.82) is 0 Å². The number of nitrogens with one attached hydrogen (secondary N) is 1. The van der Waals surface area contributed by atoms with Crippen LogP contribution in [0.1, 0.15) is 11.1 Å². The van der Waals surface area contributed by atoms with E-state index in [9.17, 15) is 33.4 Å². The van der Waals surface area contributed by atoms with Crippen molar-refractivity contribution in [1.82, 2.24) is 5.43 Å². The first-order valence-electron chi connectivity index (χ1n) is 8.00. The van der Waals surface area contributed by atoms with E-state index in [0.29, 0.717) is 17.7 Å². The van der Waals surface area contributed by atoms with E-state index in [4.69, 9.17) is 15.2 Å². The summed E-state index contributed by atoms with van der Waals surface area (Å²) >= 11 is 0. The predicted molar refractivity (Wildman–Crippen MR) is 101 cm³/mol. The van der Waals surface area contributed by atoms with Crippen molar-refractivity contribution in [3.05, 3.63) is 67.8 Å². The number of nitrogens with two attached hydrogens (primary N) is 1. The van der Waals surface area contributed by atoms with Crippen LogP contribution in [0.2, 0.25) is 0 Å². The summed E-state index contributed by atoms with van der Waals surface area (Å²) in [6.45, 7) is 0. The van der Waals surface area contributed by atoms with E-state index < -0.39 is 39.1 Å². The molecule has 0 saturated heterocycles. The van der Waals surface area contributed by atoms with Gasteiger partial charge in [0, 0.05) is 6.07 Å². The van der Waals surface area contributed by atoms with Gasteiger partial charge < -0.3 is 15.2 Å². The van der Waals surface area contributed by atoms with Crippen molar-refractivity contribution in [2.24, 2.45) is 15.9 Å². The van der Waals surface area contributed by atoms with Gasteiger partial charge in [-0.25, -0.2) is 10.1 Å². The Morgan fingerprint density at radius 2 is 1.81 bits per heavy atom. The van der Waals surface area contributed by atoms with Crippen molar-refractivity contribution in [2.75, 3.05) is 7.11 Å². The molecule has 31 heavy (non-hydrogen) atoms. The minimum absolute atomic E-state index is 0.0273. The van der Waals surface area contributed by atoms with Crippen molar-refractivity contribution in [3.8, 4) is 17.2 Å². The Hall–Kier alpha value is -4.43. The number of methoxy groups -OCH3 is 1. The van der Waals surface area contributed by atoms with Crippen LogP contribution in [0.25, 0.3) is 0 Å². The highest BCUT2D eigenvalue weighted by Gasteiger charge is 2.33. The molecule has 0 bridgehead atoms. The van der Waals surface area contributed by atoms with Gasteiger partial charge in [0.1, 0.15) is 0 Å². The van der Waals surface area contributed by atoms with Crippen molar-refractivity contribution in [3.63, 3.8) is 0 Å². The first-order valence-corrected chi connectivity index (χ1v) is 8.00. The first kappa shape index (κ1) is 22.9. The maximum atomic E-state index is 12.8. The zero-order chi connectivity index (χ0) is 23.2. The molecular formula is C16H13F3N6O6. The second kappa shape index (κ2) is 9.38. The molecule has 0 saturated carbocycles. The van der Waals surface area contributed by atoms with E-state index in [1.54, 1.807) is 5.43 Å². The summed E-state index contributed by atoms with van der Waals surface area (Å²) in [5.74, 6) is -0.956. The van der Waals surface area contributed by atoms with E-state index in [0.717, 1.165) is 6.07 Å². The van der Waals surface area contributed by atoms with Crippen LogP contribution in [0, 0.1) is 20.2 Å². The molecule has 0 unspecified atom stereocenters. The lowest BCUT2D eigenvalue weighted by Gasteiger charge is -2.12. The highest BCUT2D eigenvalue weighted by Crippen LogP contribution is 2.40. The summed E-state index contributed by atoms with van der Waals surface area (Å²) < 4.78 is 49.0. The zero-order valence-corrected chi connectivity index (χ0v) is 15.5. The van der Waals surface area contributed by atoms with Gasteiger partial charge in [0.15, 0.2) is 16.5 Å². The van der Waals surface area contributed by atoms with E-state index in [1.165, 1.54) is 31.5 Å². The van der Waals surface area contributed by atoms with E-state index >= 15 is 0 Å². The van der Waals surface area contributed by atoms with Crippen molar-refractivity contribution < 1.29 is 32.6 Å². The van der Waals surface area contributed by atoms with Crippen LogP contribution in [-0.2, 0) is 6.18 Å². The lowest BCUT2D eigenvalue weighted by atomic mass is 10.1. The summed E-state index contributed by atoms with van der Waals surface area (Å²) in [6.07, 6.45) is -3.59. The third-order valence-corrected chi connectivity index (χ3v) is 3.47. The number of hydrogen-bond donors (Lipinski definition) is 2. The Morgan fingerprint density at radius 3 is 2.39 bits per heavy atom. The normalized spacial score (nSPS) is 11.9. The summed E-state index contributed by atoms with van der Waals surface area (Å²) in [4.78, 5) is 20.4. The van der Waals surface area contributed by atoms with Crippen LogP contribution in [-0.4, -0.2) is 29.2 Å². The topological polar surface area (TPSA) is 168 Å². The number of hydrogen-bond acceptors (Lipinski definition) is 8. The predicted octanol–water partition coefficient (Wildman–Crippen LogP) is 2.84. The van der Waals surface area contributed by atoms with Gasteiger partial charge in [-0.15, -0.1) is 5.10 Å². The van der Waals surface area contributed by atoms with Crippen molar-refractivity contribution >= 4 is 17.9 Å². The van der Waals surface area contributed by atoms with Crippen LogP contribution in [0.5, 0.6) is 17.2 Å². The number of rotatable bonds is 7. The molecule has 15 heteroatoms. The van der Waals surface area contributed by atoms with Gasteiger partial charge in [0.05, 0.1) is 23.8 Å². The van der Waals surface area contributed by atoms with Crippen LogP contribution in [0.3, 0.4) is 0 Å². The van der Waals surface area contributed by atoms with E-state index in [2.05, 4.69) is 10.2 Å². The van der Waals surface area contributed by atoms with Gasteiger partial charge in [0.2, 0.25) is 5.75 Å². The summed E-state index contributed by atoms with van der Waals surface area (Å²) in [5.41, 5.74) is 5.07. The molecule has 2 rings (SSSR count). The number of nitrogens with zero attached hydrogens (tertiary/aromatic N) is 4. The second-order valence-corrected chi connectivity index (χ2v) is 5.55. The molecule has 164 valence electrons. The minimum atomic E-state index is -4.76. The molecule has 2 aromatic rings. The molecule has 12 nitrogen and oxygen atoms in total. The van der Waals surface area contributed by atoms with Crippen LogP contribution in [0.15, 0.2) is 46.6 Å². The Morgan fingerprint density at radius 1 is 1.13 bits per heavy atom. The SMILES string of the molecule is COc1cc(/C=N\N=C(/N)N[N+](=O)[O-])ccc1Oc1ccc(C(F)(F)F)cc1[N+](=O)[O-]. The fourth-order valence-corrected chi connectivity index (χ4v) is 2.16. The fourth-order valence-electron chi connectivity index (χ4n) is 2.16. The Kier molecular flexibility index (Phi) is 6.91. The number of halogens is 3. The van der Waals surface area contributed by atoms with Gasteiger partial charge in [0.25, 0.3) is 5.96 Å². The van der Waals surface area contributed by atoms with Crippen LogP contribution in [0.4, 0.5) is 18.9 Å². The van der Waals surface area contributed by atoms with Gasteiger partial charge in [-0.05, 0) is 35.9 Å². The maximum absolute atomic E-state index is 12.8. The largest absolute Gasteiger partial charge is 0.493 e. The average Bonchev–Trinajstić information content (AvgIpc) is 2.67. The van der Waals surface area contributed by atoms with Crippen molar-refractivity contribution in [2.45, 2.75) is 6.18 Å². The molecule has 0 aliphatic rings. The number of alkyl halides is 3. The zero-order valence-electron chi connectivity index (χ0n) is 15.5. The smallest absolute Gasteiger partial charge is 0.416 e. The number of nitro benzene ring substituents is 1. The Bertz CT molecular complexity index is 1060. The number of guanidine groups is 1. The molecule has 0 aromatic heterocycles. The molecule has 0 radical (unpaired) electrons. The fraction of sp³-hybridized carbons (Fsp3) is 0.125. The summed E-state index contributed by atoms with van der Waals surface area (Å²) in [6, 6.07) is 5.96. The van der Waals surface area contributed by atoms with Crippen LogP contribution < -0.4 is 20.6 Å². The highest BCUT2D eigenvalue weighted by atomic mass is 19.4. The third-order valence-electron chi connectivity index (χ3n) is 3.47. The molecule has 0 atom stereocenters. The Balaban J connectivity index is 2.30. The summed E-state index contributed by atoms with van der Waals surface area (Å²) in [7, 11) is 1.27. The molecular weight excluding hydrogens is 429 g/mol. The Labute approximate surface area is 171 Å². The number of ether oxygens (including phenoxy) is 2. The van der Waals surface area contributed by atoms with Gasteiger partial charge >= 0.3 is 11.9 Å². The maximum Gasteiger partial charge on any atom is 0.416 e. The standard InChI is InChI=1S/C16H13F3N6O6/c1-30-14-6-9(8-21-22-15(20)23-25(28)29)2-4-13(14)31-12-5-3-10(16(17,18)19)7-11(12)24(26)27/h2-8H,1H3,(H3,20,22,23)/b21-8-. The molecule has 0 heterocycles. The molecule has 0 aliphatic carbocycles. The van der Waals surface area contributed by atoms with E-state index in [1.807, 2.05) is 0 Å². The first-order chi connectivity index (χ1) is 14.5. The monoisotopic (exact) mass is 442 g/mol. The third kappa shape index (κ3) is 6.28. The molecule has 3 N–H and O–H groups in total. The molecule has 0 amide bonds. The number of benzene rings is 2. The van der Waals surface area contributed by atoms with Crippen LogP contribution >= 0.6 is 0 Å². The lowest BCUT2D eigenvalue weighted by Crippen LogP contribution is -2.35. The number of hydrazine groups is 1. The molecule has 2 aromatic carbocycles. The quantitative estimate of drug-likeness (QED) is 0.286. The van der Waals surface area contributed by atoms with Gasteiger partial charge in [-0.3, -0.25) is 10.1 Å². The second-order valence-electron chi connectivity index (χ2n) is 5.55.